The van der Waals surface area contributed by atoms with E-state index in [2.05, 4.69) is 179 Å². The van der Waals surface area contributed by atoms with Crippen LogP contribution in [0.3, 0.4) is 0 Å². The summed E-state index contributed by atoms with van der Waals surface area (Å²) in [5.41, 5.74) is 14.8. The molecular formula is C46H28N2. The second-order valence-corrected chi connectivity index (χ2v) is 12.9. The third-order valence-corrected chi connectivity index (χ3v) is 10.4. The molecule has 0 saturated carbocycles. The summed E-state index contributed by atoms with van der Waals surface area (Å²) in [7, 11) is 0. The first-order valence-electron chi connectivity index (χ1n) is 16.6. The second-order valence-electron chi connectivity index (χ2n) is 12.9. The van der Waals surface area contributed by atoms with E-state index in [1.54, 1.807) is 0 Å². The first-order chi connectivity index (χ1) is 23.8. The van der Waals surface area contributed by atoms with Gasteiger partial charge < -0.3 is 9.13 Å². The highest BCUT2D eigenvalue weighted by Gasteiger charge is 2.28. The quantitative estimate of drug-likeness (QED) is 0.189. The molecule has 1 aliphatic rings. The summed E-state index contributed by atoms with van der Waals surface area (Å²) in [5, 5.41) is 7.81. The molecule has 0 spiro atoms. The van der Waals surface area contributed by atoms with Crippen molar-refractivity contribution in [3.05, 3.63) is 170 Å². The molecule has 2 aromatic heterocycles. The summed E-state index contributed by atoms with van der Waals surface area (Å²) >= 11 is 0. The van der Waals surface area contributed by atoms with Gasteiger partial charge in [-0.1, -0.05) is 127 Å². The van der Waals surface area contributed by atoms with E-state index in [-0.39, 0.29) is 0 Å². The van der Waals surface area contributed by atoms with Crippen LogP contribution in [0.5, 0.6) is 0 Å². The Kier molecular flexibility index (Phi) is 5.14. The zero-order valence-corrected chi connectivity index (χ0v) is 26.1. The van der Waals surface area contributed by atoms with Crippen molar-refractivity contribution in [1.82, 2.24) is 9.13 Å². The van der Waals surface area contributed by atoms with E-state index < -0.39 is 0 Å². The molecule has 2 nitrogen and oxygen atoms in total. The van der Waals surface area contributed by atoms with Crippen molar-refractivity contribution in [2.24, 2.45) is 0 Å². The molecule has 48 heavy (non-hydrogen) atoms. The van der Waals surface area contributed by atoms with Gasteiger partial charge in [-0.05, 0) is 81.1 Å². The first kappa shape index (κ1) is 25.8. The van der Waals surface area contributed by atoms with Gasteiger partial charge in [0.05, 0.1) is 22.1 Å². The molecule has 0 saturated heterocycles. The maximum Gasteiger partial charge on any atom is 0.0568 e. The molecular weight excluding hydrogens is 581 g/mol. The van der Waals surface area contributed by atoms with Crippen LogP contribution in [0.1, 0.15) is 0 Å². The Bertz CT molecular complexity index is 2900. The lowest BCUT2D eigenvalue weighted by Gasteiger charge is -2.15. The average Bonchev–Trinajstić information content (AvgIpc) is 3.62. The van der Waals surface area contributed by atoms with E-state index in [4.69, 9.17) is 0 Å². The fourth-order valence-corrected chi connectivity index (χ4v) is 8.50. The summed E-state index contributed by atoms with van der Waals surface area (Å²) in [4.78, 5) is 0. The average molecular weight is 609 g/mol. The number of fused-ring (bicyclic) bond motifs is 6. The van der Waals surface area contributed by atoms with Gasteiger partial charge in [-0.25, -0.2) is 0 Å². The van der Waals surface area contributed by atoms with Gasteiger partial charge in [0.15, 0.2) is 0 Å². The topological polar surface area (TPSA) is 9.86 Å². The highest BCUT2D eigenvalue weighted by molar-refractivity contribution is 6.34. The maximum atomic E-state index is 2.49. The van der Waals surface area contributed by atoms with Crippen LogP contribution in [-0.4, -0.2) is 9.13 Å². The van der Waals surface area contributed by atoms with Gasteiger partial charge in [0.25, 0.3) is 0 Å². The molecule has 0 amide bonds. The van der Waals surface area contributed by atoms with Crippen molar-refractivity contribution in [2.75, 3.05) is 0 Å². The van der Waals surface area contributed by atoms with E-state index in [0.29, 0.717) is 0 Å². The van der Waals surface area contributed by atoms with E-state index in [1.807, 2.05) is 0 Å². The molecule has 0 aliphatic heterocycles. The normalized spacial score (nSPS) is 12.2. The largest absolute Gasteiger partial charge is 0.309 e. The fourth-order valence-electron chi connectivity index (χ4n) is 8.50. The van der Waals surface area contributed by atoms with E-state index >= 15 is 0 Å². The molecule has 2 heteroatoms. The molecule has 2 heterocycles. The van der Waals surface area contributed by atoms with Crippen LogP contribution in [0.15, 0.2) is 170 Å². The van der Waals surface area contributed by atoms with Crippen molar-refractivity contribution < 1.29 is 0 Å². The fraction of sp³-hybridized carbons (Fsp3) is 0. The zero-order chi connectivity index (χ0) is 31.3. The Balaban J connectivity index is 1.37. The van der Waals surface area contributed by atoms with Crippen LogP contribution in [0.2, 0.25) is 0 Å². The summed E-state index contributed by atoms with van der Waals surface area (Å²) in [6.45, 7) is 0. The molecule has 8 aromatic carbocycles. The van der Waals surface area contributed by atoms with Crippen molar-refractivity contribution in [3.8, 4) is 44.8 Å². The monoisotopic (exact) mass is 608 g/mol. The molecule has 0 fully saturated rings. The number of rotatable bonds is 3. The van der Waals surface area contributed by atoms with Crippen molar-refractivity contribution >= 4 is 54.4 Å². The number of hydrogen-bond donors (Lipinski definition) is 0. The van der Waals surface area contributed by atoms with Crippen LogP contribution in [-0.2, 0) is 0 Å². The first-order valence-corrected chi connectivity index (χ1v) is 16.6. The van der Waals surface area contributed by atoms with Crippen LogP contribution in [0.25, 0.3) is 99.1 Å². The minimum Gasteiger partial charge on any atom is -0.309 e. The van der Waals surface area contributed by atoms with Crippen LogP contribution in [0.4, 0.5) is 0 Å². The lowest BCUT2D eigenvalue weighted by atomic mass is 9.91. The summed E-state index contributed by atoms with van der Waals surface area (Å²) in [6, 6.07) is 62.4. The van der Waals surface area contributed by atoms with Crippen molar-refractivity contribution in [1.29, 1.82) is 0 Å². The minimum atomic E-state index is 1.16. The molecule has 0 atom stereocenters. The Morgan fingerprint density at radius 3 is 1.67 bits per heavy atom. The second kappa shape index (κ2) is 9.57. The predicted octanol–water partition coefficient (Wildman–Crippen LogP) is 12.3. The van der Waals surface area contributed by atoms with E-state index in [0.717, 1.165) is 11.4 Å². The van der Waals surface area contributed by atoms with Gasteiger partial charge in [-0.3, -0.25) is 0 Å². The lowest BCUT2D eigenvalue weighted by Crippen LogP contribution is -1.97. The zero-order valence-electron chi connectivity index (χ0n) is 26.1. The summed E-state index contributed by atoms with van der Waals surface area (Å²) < 4.78 is 4.95. The predicted molar refractivity (Wildman–Crippen MR) is 202 cm³/mol. The molecule has 11 rings (SSSR count). The summed E-state index contributed by atoms with van der Waals surface area (Å²) in [5.74, 6) is 0. The molecule has 1 aliphatic carbocycles. The molecule has 0 bridgehead atoms. The van der Waals surface area contributed by atoms with Gasteiger partial charge in [-0.2, -0.15) is 0 Å². The number of aromatic nitrogens is 2. The molecule has 10 aromatic rings. The Labute approximate surface area is 277 Å². The third kappa shape index (κ3) is 3.36. The number of benzene rings is 8. The van der Waals surface area contributed by atoms with Crippen LogP contribution in [0, 0.1) is 0 Å². The van der Waals surface area contributed by atoms with Gasteiger partial charge in [0.2, 0.25) is 0 Å². The summed E-state index contributed by atoms with van der Waals surface area (Å²) in [6.07, 6.45) is 0. The Morgan fingerprint density at radius 2 is 0.875 bits per heavy atom. The smallest absolute Gasteiger partial charge is 0.0568 e. The van der Waals surface area contributed by atoms with Gasteiger partial charge in [0, 0.05) is 38.5 Å². The van der Waals surface area contributed by atoms with Crippen molar-refractivity contribution in [3.63, 3.8) is 0 Å². The maximum absolute atomic E-state index is 2.49. The van der Waals surface area contributed by atoms with Crippen molar-refractivity contribution in [2.45, 2.75) is 0 Å². The third-order valence-electron chi connectivity index (χ3n) is 10.4. The van der Waals surface area contributed by atoms with E-state index in [1.165, 1.54) is 87.8 Å². The van der Waals surface area contributed by atoms with Gasteiger partial charge in [-0.15, -0.1) is 0 Å². The highest BCUT2D eigenvalue weighted by atomic mass is 15.0. The highest BCUT2D eigenvalue weighted by Crippen LogP contribution is 2.53. The van der Waals surface area contributed by atoms with Gasteiger partial charge >= 0.3 is 0 Å². The van der Waals surface area contributed by atoms with Gasteiger partial charge in [0.1, 0.15) is 0 Å². The molecule has 222 valence electrons. The van der Waals surface area contributed by atoms with Crippen LogP contribution >= 0.6 is 0 Å². The van der Waals surface area contributed by atoms with Crippen LogP contribution < -0.4 is 0 Å². The number of nitrogens with zero attached hydrogens (tertiary/aromatic N) is 2. The molecule has 0 N–H and O–H groups in total. The minimum absolute atomic E-state index is 1.16. The molecule has 0 unspecified atom stereocenters. The SMILES string of the molecule is c1ccc(-c2ccc(-n3c4cccc5c4c4c(c6c7ccccc7n(-c7ccccc7)c6cc43)-c3cccc4cccc-5c34)cc2)cc1. The standard InChI is InChI=1S/C46H28N2/c1-3-12-29(13-4-1)30-24-26-33(27-25-30)48-39-23-11-20-35-34-19-9-14-31-15-10-21-37(42(31)34)45-44-36-18-7-8-22-38(36)47(32-16-5-2-6-17-32)40(44)28-41(48)46(45)43(35)39/h1-28H. The molecule has 0 radical (unpaired) electrons. The lowest BCUT2D eigenvalue weighted by molar-refractivity contribution is 1.16. The Hall–Kier alpha value is -6.38. The number of para-hydroxylation sites is 2. The Morgan fingerprint density at radius 1 is 0.312 bits per heavy atom. The number of hydrogen-bond acceptors (Lipinski definition) is 0. The van der Waals surface area contributed by atoms with E-state index in [9.17, 15) is 0 Å².